The Morgan fingerprint density at radius 3 is 2.69 bits per heavy atom. The second kappa shape index (κ2) is 12.4. The van der Waals surface area contributed by atoms with Crippen LogP contribution in [-0.2, 0) is 9.47 Å². The molecular weight excluding hydrogens is 470 g/mol. The van der Waals surface area contributed by atoms with Crippen LogP contribution in [0.3, 0.4) is 0 Å². The van der Waals surface area contributed by atoms with Crippen molar-refractivity contribution in [2.24, 2.45) is 5.41 Å². The molecule has 0 atom stereocenters. The predicted octanol–water partition coefficient (Wildman–Crippen LogP) is 3.25. The summed E-state index contributed by atoms with van der Waals surface area (Å²) in [4.78, 5) is 17.5. The number of aromatic nitrogens is 4. The largest absolute Gasteiger partial charge is 0.476 e. The van der Waals surface area contributed by atoms with Crippen LogP contribution < -0.4 is 15.4 Å². The molecule has 0 bridgehead atoms. The number of methoxy groups -OCH3 is 1. The number of hydrogen-bond donors (Lipinski definition) is 2. The van der Waals surface area contributed by atoms with Gasteiger partial charge in [0.15, 0.2) is 0 Å². The summed E-state index contributed by atoms with van der Waals surface area (Å²) in [5.41, 5.74) is 0.479. The van der Waals surface area contributed by atoms with Crippen LogP contribution in [-0.4, -0.2) is 72.1 Å². The molecule has 1 aliphatic heterocycles. The molecule has 2 N–H and O–H groups in total. The van der Waals surface area contributed by atoms with Crippen LogP contribution >= 0.6 is 11.6 Å². The first kappa shape index (κ1) is 25.5. The average Bonchev–Trinajstić information content (AvgIpc) is 2.90. The van der Waals surface area contributed by atoms with Crippen LogP contribution in [0, 0.1) is 16.7 Å². The van der Waals surface area contributed by atoms with Crippen molar-refractivity contribution in [1.29, 1.82) is 5.26 Å². The molecule has 35 heavy (non-hydrogen) atoms. The van der Waals surface area contributed by atoms with Crippen molar-refractivity contribution < 1.29 is 14.2 Å². The fourth-order valence-corrected chi connectivity index (χ4v) is 4.60. The summed E-state index contributed by atoms with van der Waals surface area (Å²) in [6, 6.07) is 4.91. The molecule has 2 aromatic rings. The van der Waals surface area contributed by atoms with E-state index in [9.17, 15) is 5.26 Å². The maximum Gasteiger partial charge on any atom is 0.223 e. The van der Waals surface area contributed by atoms with Crippen LogP contribution in [0.4, 0.5) is 5.95 Å². The fourth-order valence-electron chi connectivity index (χ4n) is 4.42. The molecular formula is C24H32ClN7O3. The summed E-state index contributed by atoms with van der Waals surface area (Å²) in [5, 5.41) is 17.0. The van der Waals surface area contributed by atoms with Gasteiger partial charge >= 0.3 is 0 Å². The first-order valence-electron chi connectivity index (χ1n) is 12.1. The van der Waals surface area contributed by atoms with E-state index >= 15 is 0 Å². The van der Waals surface area contributed by atoms with E-state index in [-0.39, 0.29) is 6.61 Å². The molecule has 1 saturated carbocycles. The number of nitrogens with one attached hydrogen (secondary N) is 2. The summed E-state index contributed by atoms with van der Waals surface area (Å²) in [6.45, 7) is 2.97. The van der Waals surface area contributed by atoms with Crippen molar-refractivity contribution in [3.8, 4) is 23.3 Å². The zero-order valence-electron chi connectivity index (χ0n) is 20.0. The predicted molar refractivity (Wildman–Crippen MR) is 131 cm³/mol. The highest BCUT2D eigenvalue weighted by molar-refractivity contribution is 6.32. The van der Waals surface area contributed by atoms with E-state index in [4.69, 9.17) is 25.8 Å². The van der Waals surface area contributed by atoms with Gasteiger partial charge in [-0.05, 0) is 38.5 Å². The van der Waals surface area contributed by atoms with Gasteiger partial charge in [0.2, 0.25) is 11.8 Å². The summed E-state index contributed by atoms with van der Waals surface area (Å²) in [6.07, 6.45) is 8.51. The highest BCUT2D eigenvalue weighted by Crippen LogP contribution is 2.31. The lowest BCUT2D eigenvalue weighted by molar-refractivity contribution is 0.0183. The lowest BCUT2D eigenvalue weighted by Crippen LogP contribution is -2.38. The van der Waals surface area contributed by atoms with E-state index in [1.54, 1.807) is 19.4 Å². The Hall–Kier alpha value is -2.58. The second-order valence-corrected chi connectivity index (χ2v) is 9.47. The minimum Gasteiger partial charge on any atom is -0.476 e. The highest BCUT2D eigenvalue weighted by atomic mass is 35.5. The van der Waals surface area contributed by atoms with Gasteiger partial charge in [0.1, 0.15) is 18.6 Å². The van der Waals surface area contributed by atoms with E-state index in [0.29, 0.717) is 66.4 Å². The molecule has 0 spiro atoms. The second-order valence-electron chi connectivity index (χ2n) is 9.06. The third-order valence-electron chi connectivity index (χ3n) is 6.61. The number of ether oxygens (including phenoxy) is 3. The molecule has 0 radical (unpaired) electrons. The molecule has 10 nitrogen and oxygen atoms in total. The van der Waals surface area contributed by atoms with Crippen LogP contribution in [0.15, 0.2) is 18.6 Å². The van der Waals surface area contributed by atoms with Crippen LogP contribution in [0.25, 0.3) is 11.4 Å². The Bertz CT molecular complexity index is 1000. The average molecular weight is 502 g/mol. The van der Waals surface area contributed by atoms with Crippen molar-refractivity contribution >= 4 is 17.5 Å². The number of anilines is 1. The monoisotopic (exact) mass is 501 g/mol. The van der Waals surface area contributed by atoms with E-state index in [0.717, 1.165) is 38.8 Å². The molecule has 0 aromatic carbocycles. The van der Waals surface area contributed by atoms with Gasteiger partial charge in [-0.1, -0.05) is 11.6 Å². The van der Waals surface area contributed by atoms with Crippen molar-refractivity contribution in [3.63, 3.8) is 0 Å². The van der Waals surface area contributed by atoms with Gasteiger partial charge in [0.25, 0.3) is 0 Å². The molecule has 2 fully saturated rings. The van der Waals surface area contributed by atoms with Crippen LogP contribution in [0.1, 0.15) is 38.5 Å². The first-order valence-corrected chi connectivity index (χ1v) is 12.4. The van der Waals surface area contributed by atoms with Crippen LogP contribution in [0.2, 0.25) is 5.02 Å². The third kappa shape index (κ3) is 6.98. The van der Waals surface area contributed by atoms with E-state index in [1.165, 1.54) is 6.33 Å². The van der Waals surface area contributed by atoms with Gasteiger partial charge in [-0.25, -0.2) is 19.9 Å². The zero-order valence-corrected chi connectivity index (χ0v) is 20.8. The van der Waals surface area contributed by atoms with E-state index < -0.39 is 5.41 Å². The molecule has 3 heterocycles. The highest BCUT2D eigenvalue weighted by Gasteiger charge is 2.34. The zero-order chi connectivity index (χ0) is 24.5. The first-order chi connectivity index (χ1) is 17.1. The Labute approximate surface area is 210 Å². The molecule has 0 unspecified atom stereocenters. The van der Waals surface area contributed by atoms with Gasteiger partial charge in [0.05, 0.1) is 35.0 Å². The maximum atomic E-state index is 9.65. The molecule has 188 valence electrons. The van der Waals surface area contributed by atoms with Gasteiger partial charge in [-0.2, -0.15) is 5.26 Å². The molecule has 2 aromatic heterocycles. The van der Waals surface area contributed by atoms with Gasteiger partial charge in [0, 0.05) is 45.0 Å². The normalized spacial score (nSPS) is 21.7. The van der Waals surface area contributed by atoms with Crippen molar-refractivity contribution in [1.82, 2.24) is 25.3 Å². The fraction of sp³-hybridized carbons (Fsp3) is 0.625. The molecule has 4 rings (SSSR count). The number of halogens is 1. The standard InChI is InChI=1S/C24H32ClN7O3/c1-33-11-8-27-17-2-4-18(5-3-17)31-23-28-13-19(25)22(32-23)20-12-21(30-16-29-20)35-15-24(14-26)6-9-34-10-7-24/h12-13,16-18,27H,2-11,15H2,1H3,(H,28,31,32). The number of nitriles is 1. The quantitative estimate of drug-likeness (QED) is 0.468. The van der Waals surface area contributed by atoms with Gasteiger partial charge in [-0.3, -0.25) is 0 Å². The SMILES string of the molecule is COCCNC1CCC(Nc2ncc(Cl)c(-c3cc(OCC4(C#N)CCOCC4)ncn3)n2)CC1. The molecule has 11 heteroatoms. The summed E-state index contributed by atoms with van der Waals surface area (Å²) in [7, 11) is 1.72. The van der Waals surface area contributed by atoms with Gasteiger partial charge < -0.3 is 24.8 Å². The van der Waals surface area contributed by atoms with Crippen molar-refractivity contribution in [2.45, 2.75) is 50.6 Å². The van der Waals surface area contributed by atoms with E-state index in [2.05, 4.69) is 36.6 Å². The lowest BCUT2D eigenvalue weighted by atomic mass is 9.83. The smallest absolute Gasteiger partial charge is 0.223 e. The Balaban J connectivity index is 1.38. The summed E-state index contributed by atoms with van der Waals surface area (Å²) < 4.78 is 16.4. The molecule has 2 aliphatic rings. The van der Waals surface area contributed by atoms with Crippen molar-refractivity contribution in [3.05, 3.63) is 23.6 Å². The Morgan fingerprint density at radius 2 is 1.94 bits per heavy atom. The molecule has 0 amide bonds. The minimum absolute atomic E-state index is 0.247. The number of nitrogens with zero attached hydrogens (tertiary/aromatic N) is 5. The van der Waals surface area contributed by atoms with Gasteiger partial charge in [-0.15, -0.1) is 0 Å². The Morgan fingerprint density at radius 1 is 1.17 bits per heavy atom. The molecule has 1 aliphatic carbocycles. The summed E-state index contributed by atoms with van der Waals surface area (Å²) in [5.74, 6) is 0.895. The van der Waals surface area contributed by atoms with Crippen LogP contribution in [0.5, 0.6) is 5.88 Å². The Kier molecular flexibility index (Phi) is 9.04. The lowest BCUT2D eigenvalue weighted by Gasteiger charge is -2.30. The maximum absolute atomic E-state index is 9.65. The number of hydrogen-bond acceptors (Lipinski definition) is 10. The third-order valence-corrected chi connectivity index (χ3v) is 6.89. The number of rotatable bonds is 10. The van der Waals surface area contributed by atoms with E-state index in [1.807, 2.05) is 0 Å². The summed E-state index contributed by atoms with van der Waals surface area (Å²) >= 11 is 6.42. The topological polar surface area (TPSA) is 127 Å². The minimum atomic E-state index is -0.564. The van der Waals surface area contributed by atoms with Crippen molar-refractivity contribution in [2.75, 3.05) is 45.4 Å². The molecule has 1 saturated heterocycles.